The lowest BCUT2D eigenvalue weighted by Crippen LogP contribution is -2.31. The predicted molar refractivity (Wildman–Crippen MR) is 54.2 cm³/mol. The van der Waals surface area contributed by atoms with Gasteiger partial charge in [-0.1, -0.05) is 13.8 Å². The van der Waals surface area contributed by atoms with Crippen molar-refractivity contribution in [1.29, 1.82) is 5.26 Å². The molecular weight excluding hydrogens is 160 g/mol. The van der Waals surface area contributed by atoms with Crippen LogP contribution in [0.2, 0.25) is 0 Å². The maximum atomic E-state index is 8.85. The van der Waals surface area contributed by atoms with E-state index in [0.29, 0.717) is 6.04 Å². The highest BCUT2D eigenvalue weighted by Gasteiger charge is 2.29. The highest BCUT2D eigenvalue weighted by molar-refractivity contribution is 4.96. The third-order valence-electron chi connectivity index (χ3n) is 3.05. The average Bonchev–Trinajstić information content (AvgIpc) is 2.43. The molecule has 0 amide bonds. The summed E-state index contributed by atoms with van der Waals surface area (Å²) >= 11 is 0. The molecule has 0 aliphatic carbocycles. The Kier molecular flexibility index (Phi) is 3.74. The van der Waals surface area contributed by atoms with E-state index in [2.05, 4.69) is 31.7 Å². The van der Waals surface area contributed by atoms with Crippen LogP contribution in [-0.2, 0) is 0 Å². The highest BCUT2D eigenvalue weighted by atomic mass is 15.2. The van der Waals surface area contributed by atoms with Gasteiger partial charge in [-0.05, 0) is 38.8 Å². The van der Waals surface area contributed by atoms with Gasteiger partial charge in [-0.2, -0.15) is 5.26 Å². The molecule has 0 saturated carbocycles. The van der Waals surface area contributed by atoms with Gasteiger partial charge in [0.2, 0.25) is 0 Å². The predicted octanol–water partition coefficient (Wildman–Crippen LogP) is 2.27. The number of hydrogen-bond acceptors (Lipinski definition) is 2. The van der Waals surface area contributed by atoms with Gasteiger partial charge in [0.15, 0.2) is 0 Å². The highest BCUT2D eigenvalue weighted by Crippen LogP contribution is 2.23. The molecule has 1 fully saturated rings. The second-order valence-corrected chi connectivity index (χ2v) is 4.48. The van der Waals surface area contributed by atoms with Crippen LogP contribution in [0.3, 0.4) is 0 Å². The summed E-state index contributed by atoms with van der Waals surface area (Å²) in [6, 6.07) is 2.87. The van der Waals surface area contributed by atoms with Gasteiger partial charge in [-0.15, -0.1) is 0 Å². The molecule has 2 unspecified atom stereocenters. The van der Waals surface area contributed by atoms with Crippen molar-refractivity contribution in [1.82, 2.24) is 4.90 Å². The topological polar surface area (TPSA) is 27.0 Å². The molecule has 2 atom stereocenters. The summed E-state index contributed by atoms with van der Waals surface area (Å²) in [4.78, 5) is 2.45. The summed E-state index contributed by atoms with van der Waals surface area (Å²) in [6.07, 6.45) is 2.32. The van der Waals surface area contributed by atoms with Crippen molar-refractivity contribution in [3.63, 3.8) is 0 Å². The number of rotatable bonds is 3. The second kappa shape index (κ2) is 4.62. The maximum Gasteiger partial charge on any atom is 0.0672 e. The molecule has 0 bridgehead atoms. The normalized spacial score (nSPS) is 29.5. The van der Waals surface area contributed by atoms with Gasteiger partial charge in [0, 0.05) is 6.04 Å². The molecule has 1 rings (SSSR count). The van der Waals surface area contributed by atoms with Gasteiger partial charge >= 0.3 is 0 Å². The fraction of sp³-hybridized carbons (Fsp3) is 0.909. The van der Waals surface area contributed by atoms with Crippen LogP contribution in [0.1, 0.15) is 33.6 Å². The summed E-state index contributed by atoms with van der Waals surface area (Å²) in [5.74, 6) is 1.04. The average molecular weight is 180 g/mol. The van der Waals surface area contributed by atoms with Crippen LogP contribution in [0, 0.1) is 23.2 Å². The minimum atomic E-state index is 0.271. The van der Waals surface area contributed by atoms with Crippen LogP contribution in [0.15, 0.2) is 0 Å². The van der Waals surface area contributed by atoms with Crippen LogP contribution in [0.25, 0.3) is 0 Å². The molecule has 74 valence electrons. The van der Waals surface area contributed by atoms with Crippen molar-refractivity contribution in [3.8, 4) is 6.07 Å². The smallest absolute Gasteiger partial charge is 0.0672 e. The van der Waals surface area contributed by atoms with Crippen LogP contribution in [-0.4, -0.2) is 24.0 Å². The Bertz CT molecular complexity index is 193. The molecule has 0 N–H and O–H groups in total. The van der Waals surface area contributed by atoms with Gasteiger partial charge in [0.05, 0.1) is 12.0 Å². The molecule has 0 aromatic heterocycles. The number of nitriles is 1. The Balaban J connectivity index is 2.33. The summed E-state index contributed by atoms with van der Waals surface area (Å²) in [5.41, 5.74) is 0. The third kappa shape index (κ3) is 2.70. The summed E-state index contributed by atoms with van der Waals surface area (Å²) in [7, 11) is 0. The monoisotopic (exact) mass is 180 g/mol. The Hall–Kier alpha value is -0.550. The minimum Gasteiger partial charge on any atom is -0.299 e. The molecule has 2 nitrogen and oxygen atoms in total. The lowest BCUT2D eigenvalue weighted by atomic mass is 10.0. The van der Waals surface area contributed by atoms with Crippen molar-refractivity contribution >= 4 is 0 Å². The fourth-order valence-corrected chi connectivity index (χ4v) is 1.92. The van der Waals surface area contributed by atoms with E-state index in [4.69, 9.17) is 5.26 Å². The van der Waals surface area contributed by atoms with E-state index in [1.807, 2.05) is 0 Å². The SMILES string of the molecule is CC(C)CCN1CCC(C#N)C1C. The van der Waals surface area contributed by atoms with E-state index in [0.717, 1.165) is 25.4 Å². The largest absolute Gasteiger partial charge is 0.299 e. The molecular formula is C11H20N2. The van der Waals surface area contributed by atoms with Crippen LogP contribution < -0.4 is 0 Å². The molecule has 0 aromatic rings. The van der Waals surface area contributed by atoms with E-state index >= 15 is 0 Å². The van der Waals surface area contributed by atoms with Crippen LogP contribution in [0.5, 0.6) is 0 Å². The quantitative estimate of drug-likeness (QED) is 0.666. The standard InChI is InChI=1S/C11H20N2/c1-9(2)4-6-13-7-5-11(8-12)10(13)3/h9-11H,4-7H2,1-3H3. The molecule has 2 heteroatoms. The van der Waals surface area contributed by atoms with E-state index in [1.165, 1.54) is 6.42 Å². The van der Waals surface area contributed by atoms with Crippen molar-refractivity contribution in [2.75, 3.05) is 13.1 Å². The van der Waals surface area contributed by atoms with Gasteiger partial charge < -0.3 is 0 Å². The molecule has 1 heterocycles. The molecule has 0 radical (unpaired) electrons. The van der Waals surface area contributed by atoms with Gasteiger partial charge in [-0.3, -0.25) is 4.90 Å². The molecule has 0 spiro atoms. The lowest BCUT2D eigenvalue weighted by Gasteiger charge is -2.22. The summed E-state index contributed by atoms with van der Waals surface area (Å²) in [5, 5.41) is 8.85. The van der Waals surface area contributed by atoms with Crippen molar-refractivity contribution < 1.29 is 0 Å². The molecule has 1 aliphatic rings. The first kappa shape index (κ1) is 10.5. The fourth-order valence-electron chi connectivity index (χ4n) is 1.92. The first-order valence-electron chi connectivity index (χ1n) is 5.28. The molecule has 0 aromatic carbocycles. The van der Waals surface area contributed by atoms with E-state index in [9.17, 15) is 0 Å². The zero-order valence-corrected chi connectivity index (χ0v) is 8.95. The zero-order valence-electron chi connectivity index (χ0n) is 8.95. The van der Waals surface area contributed by atoms with Crippen molar-refractivity contribution in [2.45, 2.75) is 39.7 Å². The number of hydrogen-bond donors (Lipinski definition) is 0. The first-order chi connectivity index (χ1) is 6.15. The number of likely N-dealkylation sites (tertiary alicyclic amines) is 1. The molecule has 1 saturated heterocycles. The van der Waals surface area contributed by atoms with Crippen molar-refractivity contribution in [3.05, 3.63) is 0 Å². The maximum absolute atomic E-state index is 8.85. The van der Waals surface area contributed by atoms with Gasteiger partial charge in [0.1, 0.15) is 0 Å². The third-order valence-corrected chi connectivity index (χ3v) is 3.05. The number of nitrogens with zero attached hydrogens (tertiary/aromatic N) is 2. The molecule has 13 heavy (non-hydrogen) atoms. The lowest BCUT2D eigenvalue weighted by molar-refractivity contribution is 0.241. The van der Waals surface area contributed by atoms with Crippen molar-refractivity contribution in [2.24, 2.45) is 11.8 Å². The summed E-state index contributed by atoms with van der Waals surface area (Å²) in [6.45, 7) is 8.97. The van der Waals surface area contributed by atoms with E-state index in [-0.39, 0.29) is 5.92 Å². The Morgan fingerprint density at radius 3 is 2.69 bits per heavy atom. The van der Waals surface area contributed by atoms with Crippen LogP contribution >= 0.6 is 0 Å². The van der Waals surface area contributed by atoms with E-state index < -0.39 is 0 Å². The minimum absolute atomic E-state index is 0.271. The van der Waals surface area contributed by atoms with Gasteiger partial charge in [0.25, 0.3) is 0 Å². The second-order valence-electron chi connectivity index (χ2n) is 4.48. The van der Waals surface area contributed by atoms with Crippen LogP contribution in [0.4, 0.5) is 0 Å². The Labute approximate surface area is 81.5 Å². The Morgan fingerprint density at radius 2 is 2.23 bits per heavy atom. The zero-order chi connectivity index (χ0) is 9.84. The Morgan fingerprint density at radius 1 is 1.54 bits per heavy atom. The van der Waals surface area contributed by atoms with Gasteiger partial charge in [-0.25, -0.2) is 0 Å². The molecule has 1 aliphatic heterocycles. The first-order valence-corrected chi connectivity index (χ1v) is 5.28. The summed E-state index contributed by atoms with van der Waals surface area (Å²) < 4.78 is 0. The van der Waals surface area contributed by atoms with E-state index in [1.54, 1.807) is 0 Å².